The Labute approximate surface area is 171 Å². The van der Waals surface area contributed by atoms with Crippen LogP contribution in [0, 0.1) is 5.92 Å². The SMILES string of the molecule is COc1ccc(S(=O)(=O)NC(C(=O)N(C)Cc2ccccc2Cl)C(C)C)cc1. The third kappa shape index (κ3) is 5.47. The van der Waals surface area contributed by atoms with E-state index in [0.29, 0.717) is 10.8 Å². The predicted molar refractivity (Wildman–Crippen MR) is 110 cm³/mol. The Bertz CT molecular complexity index is 914. The Kier molecular flexibility index (Phi) is 7.46. The Balaban J connectivity index is 2.19. The molecule has 0 bridgehead atoms. The van der Waals surface area contributed by atoms with E-state index in [9.17, 15) is 13.2 Å². The topological polar surface area (TPSA) is 75.7 Å². The molecule has 0 saturated carbocycles. The minimum atomic E-state index is -3.87. The smallest absolute Gasteiger partial charge is 0.241 e. The number of halogens is 1. The molecule has 2 aromatic carbocycles. The number of amides is 1. The molecule has 1 amide bonds. The highest BCUT2D eigenvalue weighted by Gasteiger charge is 2.30. The van der Waals surface area contributed by atoms with Gasteiger partial charge in [-0.3, -0.25) is 4.79 Å². The van der Waals surface area contributed by atoms with E-state index < -0.39 is 16.1 Å². The number of carbonyl (C=O) groups is 1. The van der Waals surface area contributed by atoms with Gasteiger partial charge in [0.25, 0.3) is 0 Å². The van der Waals surface area contributed by atoms with E-state index in [-0.39, 0.29) is 23.3 Å². The number of benzene rings is 2. The molecule has 1 N–H and O–H groups in total. The summed E-state index contributed by atoms with van der Waals surface area (Å²) >= 11 is 6.17. The van der Waals surface area contributed by atoms with Crippen LogP contribution in [0.1, 0.15) is 19.4 Å². The number of hydrogen-bond donors (Lipinski definition) is 1. The first-order chi connectivity index (χ1) is 13.2. The minimum absolute atomic E-state index is 0.0699. The maximum absolute atomic E-state index is 12.9. The summed E-state index contributed by atoms with van der Waals surface area (Å²) < 4.78 is 33.1. The van der Waals surface area contributed by atoms with Gasteiger partial charge in [0, 0.05) is 18.6 Å². The van der Waals surface area contributed by atoms with Crippen LogP contribution in [0.15, 0.2) is 53.4 Å². The van der Waals surface area contributed by atoms with Crippen LogP contribution in [0.2, 0.25) is 5.02 Å². The van der Waals surface area contributed by atoms with Gasteiger partial charge in [0.1, 0.15) is 11.8 Å². The maximum Gasteiger partial charge on any atom is 0.241 e. The molecule has 152 valence electrons. The molecule has 0 aliphatic rings. The van der Waals surface area contributed by atoms with Gasteiger partial charge in [-0.15, -0.1) is 0 Å². The van der Waals surface area contributed by atoms with Crippen LogP contribution < -0.4 is 9.46 Å². The Hall–Kier alpha value is -2.09. The standard InChI is InChI=1S/C20H25ClN2O4S/c1-14(2)19(20(24)23(3)13-15-7-5-6-8-18(15)21)22-28(25,26)17-11-9-16(27-4)10-12-17/h5-12,14,19,22H,13H2,1-4H3. The number of nitrogens with one attached hydrogen (secondary N) is 1. The predicted octanol–water partition coefficient (Wildman–Crippen LogP) is 3.31. The highest BCUT2D eigenvalue weighted by Crippen LogP contribution is 2.19. The van der Waals surface area contributed by atoms with Gasteiger partial charge in [0.05, 0.1) is 12.0 Å². The number of sulfonamides is 1. The van der Waals surface area contributed by atoms with Crippen molar-refractivity contribution < 1.29 is 17.9 Å². The van der Waals surface area contributed by atoms with Gasteiger partial charge in [-0.2, -0.15) is 4.72 Å². The summed E-state index contributed by atoms with van der Waals surface area (Å²) in [4.78, 5) is 14.5. The van der Waals surface area contributed by atoms with Crippen molar-refractivity contribution in [2.75, 3.05) is 14.2 Å². The molecule has 2 aromatic rings. The number of hydrogen-bond acceptors (Lipinski definition) is 4. The summed E-state index contributed by atoms with van der Waals surface area (Å²) in [5, 5.41) is 0.557. The van der Waals surface area contributed by atoms with Crippen LogP contribution in [-0.2, 0) is 21.4 Å². The van der Waals surface area contributed by atoms with E-state index in [2.05, 4.69) is 4.72 Å². The molecule has 1 unspecified atom stereocenters. The Morgan fingerprint density at radius 3 is 2.29 bits per heavy atom. The normalized spacial score (nSPS) is 12.6. The van der Waals surface area contributed by atoms with Gasteiger partial charge >= 0.3 is 0 Å². The van der Waals surface area contributed by atoms with Crippen molar-refractivity contribution in [1.29, 1.82) is 0 Å². The maximum atomic E-state index is 12.9. The molecule has 0 saturated heterocycles. The molecule has 0 heterocycles. The van der Waals surface area contributed by atoms with Crippen molar-refractivity contribution in [3.05, 3.63) is 59.1 Å². The third-order valence-electron chi connectivity index (χ3n) is 4.33. The van der Waals surface area contributed by atoms with Gasteiger partial charge in [-0.05, 0) is 41.8 Å². The van der Waals surface area contributed by atoms with Crippen LogP contribution in [0.25, 0.3) is 0 Å². The van der Waals surface area contributed by atoms with Gasteiger partial charge in [-0.1, -0.05) is 43.6 Å². The Morgan fingerprint density at radius 2 is 1.75 bits per heavy atom. The number of nitrogens with zero attached hydrogens (tertiary/aromatic N) is 1. The fraction of sp³-hybridized carbons (Fsp3) is 0.350. The van der Waals surface area contributed by atoms with Crippen molar-refractivity contribution in [3.63, 3.8) is 0 Å². The summed E-state index contributed by atoms with van der Waals surface area (Å²) in [7, 11) is -0.736. The molecular formula is C20H25ClN2O4S. The first-order valence-corrected chi connectivity index (χ1v) is 10.7. The number of likely N-dealkylation sites (N-methyl/N-ethyl adjacent to an activating group) is 1. The molecule has 8 heteroatoms. The molecule has 28 heavy (non-hydrogen) atoms. The third-order valence-corrected chi connectivity index (χ3v) is 6.15. The van der Waals surface area contributed by atoms with Crippen molar-refractivity contribution in [2.24, 2.45) is 5.92 Å². The number of ether oxygens (including phenoxy) is 1. The summed E-state index contributed by atoms with van der Waals surface area (Å²) in [5.74, 6) is -0.0175. The summed E-state index contributed by atoms with van der Waals surface area (Å²) in [6, 6.07) is 12.3. The van der Waals surface area contributed by atoms with Crippen LogP contribution in [0.3, 0.4) is 0 Å². The molecular weight excluding hydrogens is 400 g/mol. The number of methoxy groups -OCH3 is 1. The molecule has 0 aromatic heterocycles. The highest BCUT2D eigenvalue weighted by atomic mass is 35.5. The molecule has 6 nitrogen and oxygen atoms in total. The lowest BCUT2D eigenvalue weighted by molar-refractivity contribution is -0.133. The zero-order valence-corrected chi connectivity index (χ0v) is 17.9. The van der Waals surface area contributed by atoms with Crippen molar-refractivity contribution >= 4 is 27.5 Å². The zero-order valence-electron chi connectivity index (χ0n) is 16.3. The van der Waals surface area contributed by atoms with Gasteiger partial charge < -0.3 is 9.64 Å². The largest absolute Gasteiger partial charge is 0.497 e. The molecule has 0 aliphatic carbocycles. The Morgan fingerprint density at radius 1 is 1.14 bits per heavy atom. The van der Waals surface area contributed by atoms with E-state index >= 15 is 0 Å². The number of carbonyl (C=O) groups excluding carboxylic acids is 1. The first kappa shape index (κ1) is 22.2. The van der Waals surface area contributed by atoms with Gasteiger partial charge in [-0.25, -0.2) is 8.42 Å². The van der Waals surface area contributed by atoms with E-state index in [1.54, 1.807) is 39.1 Å². The summed E-state index contributed by atoms with van der Waals surface area (Å²) in [6.45, 7) is 3.87. The van der Waals surface area contributed by atoms with Gasteiger partial charge in [0.15, 0.2) is 0 Å². The van der Waals surface area contributed by atoms with E-state index in [1.165, 1.54) is 24.1 Å². The fourth-order valence-corrected chi connectivity index (χ4v) is 4.19. The monoisotopic (exact) mass is 424 g/mol. The molecule has 0 fully saturated rings. The van der Waals surface area contributed by atoms with E-state index in [0.717, 1.165) is 5.56 Å². The quantitative estimate of drug-likeness (QED) is 0.705. The average molecular weight is 425 g/mol. The van der Waals surface area contributed by atoms with Crippen molar-refractivity contribution in [3.8, 4) is 5.75 Å². The second-order valence-electron chi connectivity index (χ2n) is 6.80. The first-order valence-electron chi connectivity index (χ1n) is 8.80. The van der Waals surface area contributed by atoms with Crippen molar-refractivity contribution in [1.82, 2.24) is 9.62 Å². The summed E-state index contributed by atoms with van der Waals surface area (Å²) in [6.07, 6.45) is 0. The van der Waals surface area contributed by atoms with Gasteiger partial charge in [0.2, 0.25) is 15.9 Å². The fourth-order valence-electron chi connectivity index (χ4n) is 2.66. The van der Waals surface area contributed by atoms with Crippen LogP contribution in [0.4, 0.5) is 0 Å². The lowest BCUT2D eigenvalue weighted by atomic mass is 10.0. The zero-order chi connectivity index (χ0) is 20.9. The average Bonchev–Trinajstić information content (AvgIpc) is 2.67. The molecule has 0 aliphatic heterocycles. The van der Waals surface area contributed by atoms with E-state index in [1.807, 2.05) is 18.2 Å². The van der Waals surface area contributed by atoms with Crippen LogP contribution in [0.5, 0.6) is 5.75 Å². The highest BCUT2D eigenvalue weighted by molar-refractivity contribution is 7.89. The summed E-state index contributed by atoms with van der Waals surface area (Å²) in [5.41, 5.74) is 0.792. The molecule has 1 atom stereocenters. The van der Waals surface area contributed by atoms with Crippen LogP contribution >= 0.6 is 11.6 Å². The number of rotatable bonds is 8. The van der Waals surface area contributed by atoms with E-state index in [4.69, 9.17) is 16.3 Å². The molecule has 2 rings (SSSR count). The van der Waals surface area contributed by atoms with Crippen LogP contribution in [-0.4, -0.2) is 39.4 Å². The second kappa shape index (κ2) is 9.41. The second-order valence-corrected chi connectivity index (χ2v) is 8.93. The lowest BCUT2D eigenvalue weighted by Crippen LogP contribution is -2.49. The molecule has 0 radical (unpaired) electrons. The lowest BCUT2D eigenvalue weighted by Gasteiger charge is -2.27. The van der Waals surface area contributed by atoms with Crippen molar-refractivity contribution in [2.45, 2.75) is 31.3 Å². The molecule has 0 spiro atoms. The minimum Gasteiger partial charge on any atom is -0.497 e.